The van der Waals surface area contributed by atoms with Gasteiger partial charge in [-0.15, -0.1) is 0 Å². The summed E-state index contributed by atoms with van der Waals surface area (Å²) in [6, 6.07) is 14.3. The topological polar surface area (TPSA) is 58.4 Å². The molecule has 0 saturated carbocycles. The van der Waals surface area contributed by atoms with Gasteiger partial charge in [-0.1, -0.05) is 35.9 Å². The van der Waals surface area contributed by atoms with Crippen molar-refractivity contribution in [3.05, 3.63) is 87.4 Å². The largest absolute Gasteiger partial charge is 0.366 e. The van der Waals surface area contributed by atoms with E-state index in [1.165, 1.54) is 5.56 Å². The Morgan fingerprint density at radius 3 is 2.72 bits per heavy atom. The Morgan fingerprint density at radius 2 is 1.94 bits per heavy atom. The fourth-order valence-electron chi connectivity index (χ4n) is 4.24. The Bertz CT molecular complexity index is 1200. The van der Waals surface area contributed by atoms with Gasteiger partial charge in [-0.05, 0) is 65.1 Å². The molecule has 1 aliphatic heterocycles. The van der Waals surface area contributed by atoms with E-state index in [0.717, 1.165) is 64.7 Å². The van der Waals surface area contributed by atoms with E-state index in [1.54, 1.807) is 12.4 Å². The average molecular weight is 512 g/mol. The molecule has 164 valence electrons. The maximum Gasteiger partial charge on any atom is 0.171 e. The third-order valence-corrected chi connectivity index (χ3v) is 6.93. The summed E-state index contributed by atoms with van der Waals surface area (Å²) in [7, 11) is 0. The lowest BCUT2D eigenvalue weighted by Gasteiger charge is -2.32. The van der Waals surface area contributed by atoms with Crippen LogP contribution in [0.3, 0.4) is 0 Å². The van der Waals surface area contributed by atoms with Gasteiger partial charge in [0.25, 0.3) is 0 Å². The lowest BCUT2D eigenvalue weighted by Crippen LogP contribution is -2.32. The van der Waals surface area contributed by atoms with E-state index < -0.39 is 0 Å². The summed E-state index contributed by atoms with van der Waals surface area (Å²) in [6.45, 7) is 3.63. The molecular formula is C24H24BrClN6. The van der Waals surface area contributed by atoms with Crippen molar-refractivity contribution in [2.75, 3.05) is 18.4 Å². The number of pyridine rings is 1. The monoisotopic (exact) mass is 510 g/mol. The third-order valence-electron chi connectivity index (χ3n) is 6.00. The first-order valence-electron chi connectivity index (χ1n) is 10.8. The van der Waals surface area contributed by atoms with Crippen molar-refractivity contribution < 1.29 is 0 Å². The first-order valence-corrected chi connectivity index (χ1v) is 12.0. The van der Waals surface area contributed by atoms with Crippen LogP contribution in [-0.4, -0.2) is 37.6 Å². The van der Waals surface area contributed by atoms with E-state index in [1.807, 2.05) is 28.9 Å². The number of fused-ring (bicyclic) bond motifs is 1. The molecule has 1 aromatic carbocycles. The fourth-order valence-corrected chi connectivity index (χ4v) is 4.78. The molecule has 1 N–H and O–H groups in total. The van der Waals surface area contributed by atoms with Gasteiger partial charge < -0.3 is 5.32 Å². The van der Waals surface area contributed by atoms with Crippen molar-refractivity contribution >= 4 is 39.0 Å². The van der Waals surface area contributed by atoms with E-state index in [9.17, 15) is 0 Å². The number of halogens is 2. The molecule has 0 bridgehead atoms. The van der Waals surface area contributed by atoms with Crippen LogP contribution in [0.1, 0.15) is 35.6 Å². The Balaban J connectivity index is 1.32. The molecule has 8 heteroatoms. The molecule has 1 fully saturated rings. The first kappa shape index (κ1) is 21.4. The number of benzene rings is 1. The minimum Gasteiger partial charge on any atom is -0.366 e. The second kappa shape index (κ2) is 9.57. The number of nitrogens with one attached hydrogen (secondary N) is 1. The second-order valence-corrected chi connectivity index (χ2v) is 9.41. The number of anilines is 1. The van der Waals surface area contributed by atoms with Crippen molar-refractivity contribution in [2.24, 2.45) is 0 Å². The average Bonchev–Trinajstić information content (AvgIpc) is 3.21. The summed E-state index contributed by atoms with van der Waals surface area (Å²) in [4.78, 5) is 11.6. The third kappa shape index (κ3) is 4.65. The van der Waals surface area contributed by atoms with Gasteiger partial charge in [-0.25, -0.2) is 4.98 Å². The zero-order chi connectivity index (χ0) is 21.9. The van der Waals surface area contributed by atoms with Crippen LogP contribution >= 0.6 is 27.5 Å². The van der Waals surface area contributed by atoms with Gasteiger partial charge in [0, 0.05) is 48.2 Å². The van der Waals surface area contributed by atoms with E-state index in [0.29, 0.717) is 12.5 Å². The van der Waals surface area contributed by atoms with Crippen LogP contribution in [0.15, 0.2) is 65.5 Å². The number of rotatable bonds is 6. The van der Waals surface area contributed by atoms with Gasteiger partial charge >= 0.3 is 0 Å². The predicted octanol–water partition coefficient (Wildman–Crippen LogP) is 5.53. The molecule has 6 nitrogen and oxygen atoms in total. The molecule has 1 saturated heterocycles. The summed E-state index contributed by atoms with van der Waals surface area (Å²) >= 11 is 9.96. The van der Waals surface area contributed by atoms with E-state index >= 15 is 0 Å². The number of aromatic nitrogens is 4. The molecule has 0 radical (unpaired) electrons. The maximum atomic E-state index is 6.36. The normalized spacial score (nSPS) is 15.3. The summed E-state index contributed by atoms with van der Waals surface area (Å²) in [5.74, 6) is 1.36. The highest BCUT2D eigenvalue weighted by Crippen LogP contribution is 2.31. The highest BCUT2D eigenvalue weighted by Gasteiger charge is 2.24. The van der Waals surface area contributed by atoms with Crippen LogP contribution in [0.4, 0.5) is 5.82 Å². The van der Waals surface area contributed by atoms with Gasteiger partial charge in [0.15, 0.2) is 5.65 Å². The van der Waals surface area contributed by atoms with Crippen LogP contribution in [0, 0.1) is 0 Å². The van der Waals surface area contributed by atoms with Crippen molar-refractivity contribution in [1.82, 2.24) is 24.5 Å². The summed E-state index contributed by atoms with van der Waals surface area (Å²) in [5, 5.41) is 8.86. The highest BCUT2D eigenvalue weighted by molar-refractivity contribution is 9.10. The van der Waals surface area contributed by atoms with Gasteiger partial charge in [0.2, 0.25) is 0 Å². The van der Waals surface area contributed by atoms with Crippen molar-refractivity contribution in [3.8, 4) is 0 Å². The Morgan fingerprint density at radius 1 is 1.09 bits per heavy atom. The first-order chi connectivity index (χ1) is 15.7. The zero-order valence-electron chi connectivity index (χ0n) is 17.6. The minimum atomic E-state index is 0.420. The van der Waals surface area contributed by atoms with Gasteiger partial charge in [0.1, 0.15) is 5.82 Å². The van der Waals surface area contributed by atoms with Gasteiger partial charge in [-0.2, -0.15) is 9.61 Å². The zero-order valence-corrected chi connectivity index (χ0v) is 19.9. The summed E-state index contributed by atoms with van der Waals surface area (Å²) in [6.07, 6.45) is 7.60. The smallest absolute Gasteiger partial charge is 0.171 e. The molecule has 0 unspecified atom stereocenters. The van der Waals surface area contributed by atoms with Gasteiger partial charge in [-0.3, -0.25) is 9.88 Å². The van der Waals surface area contributed by atoms with Crippen molar-refractivity contribution in [3.63, 3.8) is 0 Å². The molecular weight excluding hydrogens is 488 g/mol. The summed E-state index contributed by atoms with van der Waals surface area (Å²) in [5.41, 5.74) is 4.27. The molecule has 0 amide bonds. The molecule has 0 spiro atoms. The lowest BCUT2D eigenvalue weighted by molar-refractivity contribution is 0.203. The predicted molar refractivity (Wildman–Crippen MR) is 131 cm³/mol. The molecule has 0 aliphatic carbocycles. The number of hydrogen-bond donors (Lipinski definition) is 1. The molecule has 1 aliphatic rings. The van der Waals surface area contributed by atoms with E-state index in [4.69, 9.17) is 16.6 Å². The molecule has 4 aromatic rings. The number of nitrogens with zero attached hydrogens (tertiary/aromatic N) is 5. The Hall–Kier alpha value is -2.48. The Labute approximate surface area is 200 Å². The van der Waals surface area contributed by atoms with Crippen molar-refractivity contribution in [1.29, 1.82) is 0 Å². The van der Waals surface area contributed by atoms with E-state index in [2.05, 4.69) is 60.5 Å². The minimum absolute atomic E-state index is 0.420. The van der Waals surface area contributed by atoms with Crippen LogP contribution < -0.4 is 5.32 Å². The van der Waals surface area contributed by atoms with E-state index in [-0.39, 0.29) is 0 Å². The van der Waals surface area contributed by atoms with Crippen LogP contribution in [0.5, 0.6) is 0 Å². The van der Waals surface area contributed by atoms with Crippen molar-refractivity contribution in [2.45, 2.75) is 31.8 Å². The standard InChI is InChI=1S/C24H24BrClN6/c25-20-15-29-32-23(28-14-17-4-3-9-27-13-17)12-22(30-24(20)32)18-7-10-31(11-8-18)16-19-5-1-2-6-21(19)26/h1-6,9,12-13,15,18,28H,7-8,10-11,14,16H2. The fraction of sp³-hybridized carbons (Fsp3) is 0.292. The highest BCUT2D eigenvalue weighted by atomic mass is 79.9. The second-order valence-electron chi connectivity index (χ2n) is 8.15. The van der Waals surface area contributed by atoms with Crippen LogP contribution in [-0.2, 0) is 13.1 Å². The maximum absolute atomic E-state index is 6.36. The number of likely N-dealkylation sites (tertiary alicyclic amines) is 1. The van der Waals surface area contributed by atoms with Gasteiger partial charge in [0.05, 0.1) is 10.7 Å². The quantitative estimate of drug-likeness (QED) is 0.369. The molecule has 4 heterocycles. The number of hydrogen-bond acceptors (Lipinski definition) is 5. The summed E-state index contributed by atoms with van der Waals surface area (Å²) < 4.78 is 2.76. The SMILES string of the molecule is Clc1ccccc1CN1CCC(c2cc(NCc3cccnc3)n3ncc(Br)c3n2)CC1. The molecule has 0 atom stereocenters. The molecule has 5 rings (SSSR count). The molecule has 32 heavy (non-hydrogen) atoms. The number of piperidine rings is 1. The Kier molecular flexibility index (Phi) is 6.39. The van der Waals surface area contributed by atoms with Crippen LogP contribution in [0.25, 0.3) is 5.65 Å². The molecule has 3 aromatic heterocycles. The lowest BCUT2D eigenvalue weighted by atomic mass is 9.93. The van der Waals surface area contributed by atoms with Crippen LogP contribution in [0.2, 0.25) is 5.02 Å².